The average molecular weight is 363 g/mol. The number of imidazole rings is 1. The van der Waals surface area contributed by atoms with Crippen LogP contribution in [0.4, 0.5) is 0 Å². The molecule has 0 aliphatic rings. The van der Waals surface area contributed by atoms with Crippen LogP contribution in [0, 0.1) is 18.3 Å². The number of methoxy groups -OCH3 is 2. The molecule has 4 rings (SSSR count). The Hall–Kier alpha value is -3.30. The minimum atomic E-state index is -2.64. The topological polar surface area (TPSA) is 86.7 Å². The molecule has 2 heterocycles. The van der Waals surface area contributed by atoms with Crippen molar-refractivity contribution in [2.75, 3.05) is 14.2 Å². The first-order chi connectivity index (χ1) is 14.3. The number of hydrogen-bond acceptors (Lipinski definition) is 4. The molecule has 1 atom stereocenters. The van der Waals surface area contributed by atoms with Gasteiger partial charge in [0.1, 0.15) is 11.6 Å². The van der Waals surface area contributed by atoms with E-state index in [1.54, 1.807) is 36.5 Å². The lowest BCUT2D eigenvalue weighted by molar-refractivity contribution is 0.0316. The Morgan fingerprint density at radius 3 is 2.81 bits per heavy atom. The molecular formula is C21H20N4O2. The number of hydrogen-bond donors (Lipinski definition) is 2. The van der Waals surface area contributed by atoms with E-state index in [1.807, 2.05) is 6.92 Å². The molecule has 6 nitrogen and oxygen atoms in total. The summed E-state index contributed by atoms with van der Waals surface area (Å²) in [5.74, 6) is 0.496. The standard InChI is InChI=1S/C21H20N4O2/c1-12-9-17(26-3)18(14-7-8-23-19(12)14)21(2,27-4)20-24-15-6-5-13(11-22)10-16(15)25-20/h5-10,23H,1-4H3,(H,24,25)/i2D3. The van der Waals surface area contributed by atoms with Gasteiger partial charge in [-0.1, -0.05) is 0 Å². The summed E-state index contributed by atoms with van der Waals surface area (Å²) >= 11 is 0. The lowest BCUT2D eigenvalue weighted by Gasteiger charge is -2.29. The van der Waals surface area contributed by atoms with E-state index >= 15 is 0 Å². The van der Waals surface area contributed by atoms with Crippen molar-refractivity contribution in [1.82, 2.24) is 15.0 Å². The van der Waals surface area contributed by atoms with Crippen LogP contribution in [0.5, 0.6) is 5.75 Å². The van der Waals surface area contributed by atoms with Crippen molar-refractivity contribution < 1.29 is 13.6 Å². The highest BCUT2D eigenvalue weighted by atomic mass is 16.5. The zero-order chi connectivity index (χ0) is 21.7. The van der Waals surface area contributed by atoms with E-state index < -0.39 is 12.5 Å². The van der Waals surface area contributed by atoms with Gasteiger partial charge >= 0.3 is 0 Å². The number of aryl methyl sites for hydroxylation is 1. The summed E-state index contributed by atoms with van der Waals surface area (Å²) in [4.78, 5) is 10.8. The Labute approximate surface area is 161 Å². The second-order valence-electron chi connectivity index (χ2n) is 6.35. The lowest BCUT2D eigenvalue weighted by Crippen LogP contribution is -2.28. The summed E-state index contributed by atoms with van der Waals surface area (Å²) < 4.78 is 36.8. The van der Waals surface area contributed by atoms with E-state index in [0.29, 0.717) is 33.3 Å². The van der Waals surface area contributed by atoms with Crippen molar-refractivity contribution >= 4 is 21.9 Å². The maximum Gasteiger partial charge on any atom is 0.151 e. The Bertz CT molecular complexity index is 1300. The first kappa shape index (κ1) is 13.8. The molecule has 27 heavy (non-hydrogen) atoms. The quantitative estimate of drug-likeness (QED) is 0.570. The van der Waals surface area contributed by atoms with Gasteiger partial charge in [0.25, 0.3) is 0 Å². The Morgan fingerprint density at radius 2 is 2.11 bits per heavy atom. The van der Waals surface area contributed by atoms with Crippen molar-refractivity contribution in [2.24, 2.45) is 0 Å². The zero-order valence-electron chi connectivity index (χ0n) is 18.2. The molecule has 0 saturated carbocycles. The first-order valence-electron chi connectivity index (χ1n) is 9.87. The maximum atomic E-state index is 9.18. The van der Waals surface area contributed by atoms with Crippen molar-refractivity contribution in [3.63, 3.8) is 0 Å². The van der Waals surface area contributed by atoms with E-state index in [-0.39, 0.29) is 5.82 Å². The van der Waals surface area contributed by atoms with Crippen molar-refractivity contribution in [2.45, 2.75) is 19.4 Å². The normalized spacial score (nSPS) is 15.7. The molecule has 6 heteroatoms. The molecule has 0 amide bonds. The highest BCUT2D eigenvalue weighted by Gasteiger charge is 2.37. The van der Waals surface area contributed by atoms with Gasteiger partial charge in [0.05, 0.1) is 29.8 Å². The molecule has 0 fully saturated rings. The molecular weight excluding hydrogens is 340 g/mol. The van der Waals surface area contributed by atoms with Crippen molar-refractivity contribution in [3.8, 4) is 11.8 Å². The number of nitriles is 1. The molecule has 136 valence electrons. The molecule has 2 aromatic heterocycles. The highest BCUT2D eigenvalue weighted by molar-refractivity contribution is 5.89. The smallest absolute Gasteiger partial charge is 0.151 e. The van der Waals surface area contributed by atoms with Crippen LogP contribution in [-0.4, -0.2) is 29.2 Å². The summed E-state index contributed by atoms with van der Waals surface area (Å²) in [6.45, 7) is -0.722. The van der Waals surface area contributed by atoms with E-state index in [9.17, 15) is 5.26 Å². The number of rotatable bonds is 4. The van der Waals surface area contributed by atoms with Gasteiger partial charge in [-0.05, 0) is 49.7 Å². The van der Waals surface area contributed by atoms with Crippen molar-refractivity contribution in [1.29, 1.82) is 5.26 Å². The summed E-state index contributed by atoms with van der Waals surface area (Å²) in [5, 5.41) is 9.85. The van der Waals surface area contributed by atoms with Crippen molar-refractivity contribution in [3.05, 3.63) is 59.0 Å². The molecule has 0 bridgehead atoms. The number of ether oxygens (including phenoxy) is 2. The molecule has 1 unspecified atom stereocenters. The second-order valence-corrected chi connectivity index (χ2v) is 6.35. The van der Waals surface area contributed by atoms with Crippen LogP contribution >= 0.6 is 0 Å². The molecule has 0 aliphatic carbocycles. The van der Waals surface area contributed by atoms with Gasteiger partial charge in [0, 0.05) is 33.9 Å². The molecule has 4 aromatic rings. The summed E-state index contributed by atoms with van der Waals surface area (Å²) in [5.41, 5.74) is 1.64. The van der Waals surface area contributed by atoms with Gasteiger partial charge in [0.15, 0.2) is 5.60 Å². The molecule has 0 aliphatic heterocycles. The number of nitrogens with zero attached hydrogens (tertiary/aromatic N) is 2. The first-order valence-corrected chi connectivity index (χ1v) is 8.37. The van der Waals surface area contributed by atoms with Gasteiger partial charge in [-0.3, -0.25) is 0 Å². The fourth-order valence-electron chi connectivity index (χ4n) is 3.46. The fraction of sp³-hybridized carbons (Fsp3) is 0.238. The number of H-pyrrole nitrogens is 2. The van der Waals surface area contributed by atoms with Gasteiger partial charge < -0.3 is 19.4 Å². The maximum absolute atomic E-state index is 9.18. The molecule has 2 aromatic carbocycles. The Kier molecular flexibility index (Phi) is 3.15. The number of aromatic nitrogens is 3. The van der Waals surface area contributed by atoms with E-state index in [1.165, 1.54) is 14.2 Å². The predicted octanol–water partition coefficient (Wildman–Crippen LogP) is 4.14. The SMILES string of the molecule is [2H]C([2H])([2H])C(OC)(c1nc2cc(C#N)ccc2[nH]1)c1c(OC)cc(C)c2[nH]ccc12. The largest absolute Gasteiger partial charge is 0.496 e. The molecule has 2 N–H and O–H groups in total. The molecule has 0 spiro atoms. The third-order valence-corrected chi connectivity index (χ3v) is 4.83. The van der Waals surface area contributed by atoms with Gasteiger partial charge in [0.2, 0.25) is 0 Å². The predicted molar refractivity (Wildman–Crippen MR) is 104 cm³/mol. The van der Waals surface area contributed by atoms with Gasteiger partial charge in [-0.25, -0.2) is 4.98 Å². The van der Waals surface area contributed by atoms with Crippen LogP contribution in [0.15, 0.2) is 36.5 Å². The number of aromatic amines is 2. The highest BCUT2D eigenvalue weighted by Crippen LogP contribution is 2.43. The lowest BCUT2D eigenvalue weighted by atomic mass is 9.89. The average Bonchev–Trinajstić information content (AvgIpc) is 3.35. The van der Waals surface area contributed by atoms with Crippen LogP contribution in [-0.2, 0) is 10.3 Å². The molecule has 0 saturated heterocycles. The number of nitrogens with one attached hydrogen (secondary N) is 2. The van der Waals surface area contributed by atoms with Crippen LogP contribution < -0.4 is 4.74 Å². The zero-order valence-corrected chi connectivity index (χ0v) is 15.2. The molecule has 0 radical (unpaired) electrons. The van der Waals surface area contributed by atoms with Crippen LogP contribution in [0.3, 0.4) is 0 Å². The van der Waals surface area contributed by atoms with Gasteiger partial charge in [-0.15, -0.1) is 0 Å². The van der Waals surface area contributed by atoms with E-state index in [4.69, 9.17) is 13.6 Å². The fourth-order valence-corrected chi connectivity index (χ4v) is 3.46. The number of fused-ring (bicyclic) bond motifs is 2. The third kappa shape index (κ3) is 2.47. The minimum absolute atomic E-state index is 0.111. The number of benzene rings is 2. The second kappa shape index (κ2) is 6.15. The van der Waals surface area contributed by atoms with Crippen LogP contribution in [0.2, 0.25) is 0 Å². The third-order valence-electron chi connectivity index (χ3n) is 4.83. The Morgan fingerprint density at radius 1 is 1.26 bits per heavy atom. The van der Waals surface area contributed by atoms with E-state index in [0.717, 1.165) is 11.1 Å². The summed E-state index contributed by atoms with van der Waals surface area (Å²) in [6, 6.07) is 10.6. The van der Waals surface area contributed by atoms with Crippen LogP contribution in [0.1, 0.15) is 33.5 Å². The summed E-state index contributed by atoms with van der Waals surface area (Å²) in [6.07, 6.45) is 1.75. The van der Waals surface area contributed by atoms with Crippen LogP contribution in [0.25, 0.3) is 21.9 Å². The van der Waals surface area contributed by atoms with E-state index in [2.05, 4.69) is 21.0 Å². The monoisotopic (exact) mass is 363 g/mol. The Balaban J connectivity index is 2.13. The minimum Gasteiger partial charge on any atom is -0.496 e. The summed E-state index contributed by atoms with van der Waals surface area (Å²) in [7, 11) is 2.84. The van der Waals surface area contributed by atoms with Gasteiger partial charge in [-0.2, -0.15) is 5.26 Å².